The first-order valence-corrected chi connectivity index (χ1v) is 5.69. The molecule has 18 heavy (non-hydrogen) atoms. The van der Waals surface area contributed by atoms with Gasteiger partial charge in [-0.15, -0.1) is 6.42 Å². The van der Waals surface area contributed by atoms with Crippen molar-refractivity contribution in [3.05, 3.63) is 24.3 Å². The average molecular weight is 246 g/mol. The second-order valence-corrected chi connectivity index (χ2v) is 4.73. The second kappa shape index (κ2) is 5.97. The Morgan fingerprint density at radius 1 is 1.33 bits per heavy atom. The van der Waals surface area contributed by atoms with Gasteiger partial charge >= 0.3 is 6.09 Å². The summed E-state index contributed by atoms with van der Waals surface area (Å²) in [6.45, 7) is 5.84. The van der Waals surface area contributed by atoms with Gasteiger partial charge in [-0.25, -0.2) is 4.79 Å². The zero-order chi connectivity index (χ0) is 13.6. The summed E-state index contributed by atoms with van der Waals surface area (Å²) in [4.78, 5) is 11.7. The van der Waals surface area contributed by atoms with E-state index in [1.54, 1.807) is 6.07 Å². The summed E-state index contributed by atoms with van der Waals surface area (Å²) < 4.78 is 5.18. The van der Waals surface area contributed by atoms with Gasteiger partial charge in [-0.3, -0.25) is 5.32 Å². The number of ether oxygens (including phenoxy) is 1. The van der Waals surface area contributed by atoms with Crippen molar-refractivity contribution >= 4 is 17.5 Å². The van der Waals surface area contributed by atoms with E-state index in [2.05, 4.69) is 16.6 Å². The number of carbonyl (C=O) groups excluding carboxylic acids is 1. The summed E-state index contributed by atoms with van der Waals surface area (Å²) in [6.07, 6.45) is 4.70. The lowest BCUT2D eigenvalue weighted by Gasteiger charge is -2.20. The zero-order valence-electron chi connectivity index (χ0n) is 10.9. The Morgan fingerprint density at radius 3 is 2.50 bits per heavy atom. The number of benzene rings is 1. The molecular formula is C14H18N2O2. The Labute approximate surface area is 108 Å². The van der Waals surface area contributed by atoms with Crippen LogP contribution in [0.5, 0.6) is 0 Å². The van der Waals surface area contributed by atoms with Crippen LogP contribution in [0.3, 0.4) is 0 Å². The molecule has 4 nitrogen and oxygen atoms in total. The van der Waals surface area contributed by atoms with E-state index in [-0.39, 0.29) is 0 Å². The molecule has 2 N–H and O–H groups in total. The predicted octanol–water partition coefficient (Wildman–Crippen LogP) is 3.08. The van der Waals surface area contributed by atoms with E-state index in [0.717, 1.165) is 5.69 Å². The molecule has 1 aromatic carbocycles. The number of carbonyl (C=O) groups is 1. The summed E-state index contributed by atoms with van der Waals surface area (Å²) in [5, 5.41) is 5.71. The molecule has 0 unspecified atom stereocenters. The largest absolute Gasteiger partial charge is 0.444 e. The first-order chi connectivity index (χ1) is 8.42. The fourth-order valence-corrected chi connectivity index (χ4v) is 1.31. The van der Waals surface area contributed by atoms with Crippen LogP contribution in [0.4, 0.5) is 16.2 Å². The summed E-state index contributed by atoms with van der Waals surface area (Å²) in [7, 11) is 0. The smallest absolute Gasteiger partial charge is 0.412 e. The summed E-state index contributed by atoms with van der Waals surface area (Å²) in [6, 6.07) is 7.31. The molecule has 0 atom stereocenters. The summed E-state index contributed by atoms with van der Waals surface area (Å²) in [5.74, 6) is 2.48. The van der Waals surface area contributed by atoms with Gasteiger partial charge in [-0.2, -0.15) is 0 Å². The van der Waals surface area contributed by atoms with Crippen LogP contribution in [0, 0.1) is 12.3 Å². The minimum absolute atomic E-state index is 0.396. The summed E-state index contributed by atoms with van der Waals surface area (Å²) >= 11 is 0. The highest BCUT2D eigenvalue weighted by Crippen LogP contribution is 2.21. The number of terminal acetylenes is 1. The SMILES string of the molecule is C#CCNc1ccccc1NC(=O)OC(C)(C)C. The average Bonchev–Trinajstić information content (AvgIpc) is 2.25. The minimum Gasteiger partial charge on any atom is -0.444 e. The van der Waals surface area contributed by atoms with Gasteiger partial charge in [0.1, 0.15) is 5.60 Å². The van der Waals surface area contributed by atoms with Gasteiger partial charge in [-0.05, 0) is 32.9 Å². The number of anilines is 2. The number of rotatable bonds is 3. The molecule has 0 spiro atoms. The van der Waals surface area contributed by atoms with Gasteiger partial charge in [0.2, 0.25) is 0 Å². The lowest BCUT2D eigenvalue weighted by atomic mass is 10.2. The van der Waals surface area contributed by atoms with Crippen LogP contribution in [-0.2, 0) is 4.74 Å². The van der Waals surface area contributed by atoms with Crippen LogP contribution in [0.25, 0.3) is 0 Å². The normalized spacial score (nSPS) is 10.3. The highest BCUT2D eigenvalue weighted by Gasteiger charge is 2.16. The molecule has 1 rings (SSSR count). The fraction of sp³-hybridized carbons (Fsp3) is 0.357. The maximum Gasteiger partial charge on any atom is 0.412 e. The molecule has 0 radical (unpaired) electrons. The molecule has 4 heteroatoms. The van der Waals surface area contributed by atoms with Crippen molar-refractivity contribution in [3.8, 4) is 12.3 Å². The Morgan fingerprint density at radius 2 is 1.94 bits per heavy atom. The van der Waals surface area contributed by atoms with E-state index in [4.69, 9.17) is 11.2 Å². The predicted molar refractivity (Wildman–Crippen MR) is 73.6 cm³/mol. The quantitative estimate of drug-likeness (QED) is 0.806. The molecular weight excluding hydrogens is 228 g/mol. The third kappa shape index (κ3) is 4.79. The minimum atomic E-state index is -0.523. The maximum absolute atomic E-state index is 11.7. The van der Waals surface area contributed by atoms with Crippen molar-refractivity contribution in [1.82, 2.24) is 0 Å². The van der Waals surface area contributed by atoms with Crippen molar-refractivity contribution in [2.75, 3.05) is 17.2 Å². The monoisotopic (exact) mass is 246 g/mol. The molecule has 0 aromatic heterocycles. The first kappa shape index (κ1) is 13.9. The molecule has 0 saturated heterocycles. The van der Waals surface area contributed by atoms with E-state index in [0.29, 0.717) is 12.2 Å². The van der Waals surface area contributed by atoms with Crippen molar-refractivity contribution < 1.29 is 9.53 Å². The fourth-order valence-electron chi connectivity index (χ4n) is 1.31. The van der Waals surface area contributed by atoms with Gasteiger partial charge in [0.25, 0.3) is 0 Å². The topological polar surface area (TPSA) is 50.4 Å². The number of amides is 1. The van der Waals surface area contributed by atoms with Gasteiger partial charge in [-0.1, -0.05) is 18.1 Å². The molecule has 0 aliphatic carbocycles. The van der Waals surface area contributed by atoms with E-state index in [1.165, 1.54) is 0 Å². The van der Waals surface area contributed by atoms with E-state index in [9.17, 15) is 4.79 Å². The van der Waals surface area contributed by atoms with Crippen LogP contribution in [0.2, 0.25) is 0 Å². The van der Waals surface area contributed by atoms with Crippen LogP contribution in [-0.4, -0.2) is 18.2 Å². The third-order valence-electron chi connectivity index (χ3n) is 1.94. The van der Waals surface area contributed by atoms with Crippen molar-refractivity contribution in [3.63, 3.8) is 0 Å². The van der Waals surface area contributed by atoms with Crippen molar-refractivity contribution in [1.29, 1.82) is 0 Å². The molecule has 96 valence electrons. The highest BCUT2D eigenvalue weighted by molar-refractivity contribution is 5.89. The van der Waals surface area contributed by atoms with Gasteiger partial charge in [0, 0.05) is 0 Å². The maximum atomic E-state index is 11.7. The van der Waals surface area contributed by atoms with Crippen LogP contribution < -0.4 is 10.6 Å². The Kier molecular flexibility index (Phi) is 4.61. The third-order valence-corrected chi connectivity index (χ3v) is 1.94. The number of hydrogen-bond donors (Lipinski definition) is 2. The van der Waals surface area contributed by atoms with Crippen molar-refractivity contribution in [2.45, 2.75) is 26.4 Å². The number of hydrogen-bond acceptors (Lipinski definition) is 3. The van der Waals surface area contributed by atoms with Gasteiger partial charge < -0.3 is 10.1 Å². The highest BCUT2D eigenvalue weighted by atomic mass is 16.6. The lowest BCUT2D eigenvalue weighted by molar-refractivity contribution is 0.0636. The van der Waals surface area contributed by atoms with Crippen LogP contribution >= 0.6 is 0 Å². The molecule has 0 fully saturated rings. The second-order valence-electron chi connectivity index (χ2n) is 4.73. The standard InChI is InChI=1S/C14H18N2O2/c1-5-10-15-11-8-6-7-9-12(11)16-13(17)18-14(2,3)4/h1,6-9,15H,10H2,2-4H3,(H,16,17). The molecule has 0 aliphatic rings. The molecule has 1 aromatic rings. The van der Waals surface area contributed by atoms with Crippen LogP contribution in [0.15, 0.2) is 24.3 Å². The van der Waals surface area contributed by atoms with Crippen molar-refractivity contribution in [2.24, 2.45) is 0 Å². The van der Waals surface area contributed by atoms with Gasteiger partial charge in [0.15, 0.2) is 0 Å². The molecule has 0 saturated carbocycles. The molecule has 1 amide bonds. The Hall–Kier alpha value is -2.15. The van der Waals surface area contributed by atoms with Gasteiger partial charge in [0.05, 0.1) is 17.9 Å². The van der Waals surface area contributed by atoms with E-state index >= 15 is 0 Å². The first-order valence-electron chi connectivity index (χ1n) is 5.69. The Bertz CT molecular complexity index is 456. The zero-order valence-corrected chi connectivity index (χ0v) is 10.9. The van der Waals surface area contributed by atoms with E-state index < -0.39 is 11.7 Å². The lowest BCUT2D eigenvalue weighted by Crippen LogP contribution is -2.27. The molecule has 0 heterocycles. The van der Waals surface area contributed by atoms with Crippen LogP contribution in [0.1, 0.15) is 20.8 Å². The summed E-state index contributed by atoms with van der Waals surface area (Å²) in [5.41, 5.74) is 0.883. The molecule has 0 aliphatic heterocycles. The number of para-hydroxylation sites is 2. The Balaban J connectivity index is 2.72. The molecule has 0 bridgehead atoms. The van der Waals surface area contributed by atoms with E-state index in [1.807, 2.05) is 39.0 Å². The number of nitrogens with one attached hydrogen (secondary N) is 2.